The van der Waals surface area contributed by atoms with Gasteiger partial charge in [0.15, 0.2) is 0 Å². The Bertz CT molecular complexity index is 799. The van der Waals surface area contributed by atoms with Crippen LogP contribution < -0.4 is 5.43 Å². The number of hydrogen-bond donors (Lipinski definition) is 1. The van der Waals surface area contributed by atoms with Crippen LogP contribution in [0.5, 0.6) is 0 Å². The molecule has 0 atom stereocenters. The summed E-state index contributed by atoms with van der Waals surface area (Å²) in [7, 11) is 0. The molecule has 23 heavy (non-hydrogen) atoms. The van der Waals surface area contributed by atoms with E-state index in [-0.39, 0.29) is 11.5 Å². The molecule has 0 fully saturated rings. The van der Waals surface area contributed by atoms with Gasteiger partial charge >= 0.3 is 0 Å². The van der Waals surface area contributed by atoms with E-state index >= 15 is 0 Å². The number of nitrogens with zero attached hydrogens (tertiary/aromatic N) is 2. The average molecular weight is 309 g/mol. The Labute approximate surface area is 133 Å². The molecule has 0 aromatic heterocycles. The van der Waals surface area contributed by atoms with Gasteiger partial charge in [0.2, 0.25) is 5.78 Å². The van der Waals surface area contributed by atoms with Crippen LogP contribution in [0.1, 0.15) is 28.8 Å². The maximum absolute atomic E-state index is 12.6. The molecule has 0 heterocycles. The van der Waals surface area contributed by atoms with Crippen LogP contribution >= 0.6 is 0 Å². The summed E-state index contributed by atoms with van der Waals surface area (Å²) in [4.78, 5) is 22.9. The predicted molar refractivity (Wildman–Crippen MR) is 87.9 cm³/mol. The molecule has 1 aliphatic rings. The van der Waals surface area contributed by atoms with E-state index in [4.69, 9.17) is 0 Å². The Hall–Kier alpha value is -3.02. The molecule has 6 heteroatoms. The van der Waals surface area contributed by atoms with Crippen molar-refractivity contribution in [3.63, 3.8) is 0 Å². The standard InChI is InChI=1S/C17H15N3O3/c21-17-15-9-2-1-5-12(15)6-3-10-16(17)19-18-13-7-4-8-14(11-13)20(22)23/h1-2,4-5,7-9,11,18H,3,6,10H2/b19-16+. The van der Waals surface area contributed by atoms with Crippen LogP contribution in [0.4, 0.5) is 11.4 Å². The molecule has 2 aromatic rings. The number of hydrogen-bond acceptors (Lipinski definition) is 5. The highest BCUT2D eigenvalue weighted by atomic mass is 16.6. The van der Waals surface area contributed by atoms with Gasteiger partial charge in [0.05, 0.1) is 10.6 Å². The van der Waals surface area contributed by atoms with Crippen LogP contribution in [0.3, 0.4) is 0 Å². The Morgan fingerprint density at radius 3 is 2.74 bits per heavy atom. The smallest absolute Gasteiger partial charge is 0.271 e. The van der Waals surface area contributed by atoms with E-state index in [1.807, 2.05) is 24.3 Å². The lowest BCUT2D eigenvalue weighted by atomic mass is 10.0. The first-order valence-electron chi connectivity index (χ1n) is 7.35. The molecule has 0 saturated carbocycles. The Morgan fingerprint density at radius 1 is 1.09 bits per heavy atom. The van der Waals surface area contributed by atoms with Crippen molar-refractivity contribution < 1.29 is 9.72 Å². The number of Topliss-reactive ketones (excluding diaryl/α,β-unsaturated/α-hetero) is 1. The van der Waals surface area contributed by atoms with E-state index in [1.165, 1.54) is 12.1 Å². The topological polar surface area (TPSA) is 84.6 Å². The maximum Gasteiger partial charge on any atom is 0.271 e. The van der Waals surface area contributed by atoms with Crippen LogP contribution in [-0.4, -0.2) is 16.4 Å². The fourth-order valence-corrected chi connectivity index (χ4v) is 2.60. The molecule has 0 radical (unpaired) electrons. The van der Waals surface area contributed by atoms with Gasteiger partial charge in [-0.15, -0.1) is 0 Å². The molecule has 1 aliphatic carbocycles. The second-order valence-corrected chi connectivity index (χ2v) is 5.32. The van der Waals surface area contributed by atoms with Gasteiger partial charge in [0.1, 0.15) is 5.71 Å². The van der Waals surface area contributed by atoms with Gasteiger partial charge in [-0.2, -0.15) is 5.10 Å². The number of fused-ring (bicyclic) bond motifs is 1. The number of rotatable bonds is 3. The summed E-state index contributed by atoms with van der Waals surface area (Å²) in [6.45, 7) is 0. The van der Waals surface area contributed by atoms with Crippen molar-refractivity contribution in [2.24, 2.45) is 5.10 Å². The van der Waals surface area contributed by atoms with Crippen molar-refractivity contribution in [1.82, 2.24) is 0 Å². The maximum atomic E-state index is 12.6. The second-order valence-electron chi connectivity index (χ2n) is 5.32. The van der Waals surface area contributed by atoms with Crippen LogP contribution in [-0.2, 0) is 6.42 Å². The van der Waals surface area contributed by atoms with Crippen LogP contribution in [0, 0.1) is 10.1 Å². The number of nitro groups is 1. The van der Waals surface area contributed by atoms with E-state index in [0.717, 1.165) is 18.4 Å². The van der Waals surface area contributed by atoms with Crippen LogP contribution in [0.25, 0.3) is 0 Å². The average Bonchev–Trinajstić information content (AvgIpc) is 2.73. The third kappa shape index (κ3) is 3.26. The minimum atomic E-state index is -0.467. The normalized spacial score (nSPS) is 15.8. The quantitative estimate of drug-likeness (QED) is 0.533. The SMILES string of the molecule is O=C1/C(=N/Nc2cccc([N+](=O)[O-])c2)CCCc2ccccc21. The fourth-order valence-electron chi connectivity index (χ4n) is 2.60. The molecule has 116 valence electrons. The third-order valence-corrected chi connectivity index (χ3v) is 3.76. The Balaban J connectivity index is 1.84. The molecule has 2 aromatic carbocycles. The summed E-state index contributed by atoms with van der Waals surface area (Å²) in [5, 5.41) is 15.0. The highest BCUT2D eigenvalue weighted by Gasteiger charge is 2.21. The predicted octanol–water partition coefficient (Wildman–Crippen LogP) is 3.58. The number of ketones is 1. The lowest BCUT2D eigenvalue weighted by molar-refractivity contribution is -0.384. The summed E-state index contributed by atoms with van der Waals surface area (Å²) in [6, 6.07) is 13.6. The summed E-state index contributed by atoms with van der Waals surface area (Å²) in [5.41, 5.74) is 5.39. The zero-order valence-electron chi connectivity index (χ0n) is 12.4. The highest BCUT2D eigenvalue weighted by molar-refractivity contribution is 6.46. The second kappa shape index (κ2) is 6.39. The molecule has 0 bridgehead atoms. The van der Waals surface area contributed by atoms with Gasteiger partial charge in [-0.3, -0.25) is 20.3 Å². The lowest BCUT2D eigenvalue weighted by Crippen LogP contribution is -2.15. The van der Waals surface area contributed by atoms with Crippen molar-refractivity contribution in [3.8, 4) is 0 Å². The number of hydrazone groups is 1. The number of carbonyl (C=O) groups excluding carboxylic acids is 1. The molecule has 1 N–H and O–H groups in total. The van der Waals surface area contributed by atoms with E-state index < -0.39 is 4.92 Å². The number of nitrogens with one attached hydrogen (secondary N) is 1. The number of anilines is 1. The molecular formula is C17H15N3O3. The van der Waals surface area contributed by atoms with Crippen molar-refractivity contribution in [2.45, 2.75) is 19.3 Å². The number of carbonyl (C=O) groups is 1. The van der Waals surface area contributed by atoms with Crippen LogP contribution in [0.15, 0.2) is 53.6 Å². The molecule has 0 spiro atoms. The minimum Gasteiger partial charge on any atom is -0.287 e. The minimum absolute atomic E-state index is 0.0206. The van der Waals surface area contributed by atoms with Crippen molar-refractivity contribution >= 4 is 22.9 Å². The lowest BCUT2D eigenvalue weighted by Gasteiger charge is -2.05. The zero-order chi connectivity index (χ0) is 16.2. The summed E-state index contributed by atoms with van der Waals surface area (Å²) in [5.74, 6) is -0.0870. The Morgan fingerprint density at radius 2 is 1.91 bits per heavy atom. The zero-order valence-corrected chi connectivity index (χ0v) is 12.4. The molecule has 0 saturated heterocycles. The van der Waals surface area contributed by atoms with Crippen molar-refractivity contribution in [1.29, 1.82) is 0 Å². The van der Waals surface area contributed by atoms with Crippen molar-refractivity contribution in [2.75, 3.05) is 5.43 Å². The first kappa shape index (κ1) is 14.9. The monoisotopic (exact) mass is 309 g/mol. The number of non-ortho nitro benzene ring substituents is 1. The van der Waals surface area contributed by atoms with Gasteiger partial charge in [0.25, 0.3) is 5.69 Å². The van der Waals surface area contributed by atoms with E-state index in [2.05, 4.69) is 10.5 Å². The molecule has 0 unspecified atom stereocenters. The molecule has 0 aliphatic heterocycles. The highest BCUT2D eigenvalue weighted by Crippen LogP contribution is 2.20. The number of benzene rings is 2. The van der Waals surface area contributed by atoms with E-state index in [1.54, 1.807) is 12.1 Å². The van der Waals surface area contributed by atoms with Gasteiger partial charge < -0.3 is 0 Å². The number of aryl methyl sites for hydroxylation is 1. The first-order chi connectivity index (χ1) is 11.1. The molecular weight excluding hydrogens is 294 g/mol. The first-order valence-corrected chi connectivity index (χ1v) is 7.35. The van der Waals surface area contributed by atoms with E-state index in [0.29, 0.717) is 23.4 Å². The van der Waals surface area contributed by atoms with Gasteiger partial charge in [-0.25, -0.2) is 0 Å². The molecule has 3 rings (SSSR count). The third-order valence-electron chi connectivity index (χ3n) is 3.76. The number of nitro benzene ring substituents is 1. The van der Waals surface area contributed by atoms with Gasteiger partial charge in [-0.05, 0) is 30.9 Å². The van der Waals surface area contributed by atoms with Gasteiger partial charge in [0, 0.05) is 17.7 Å². The summed E-state index contributed by atoms with van der Waals surface area (Å²) < 4.78 is 0. The largest absolute Gasteiger partial charge is 0.287 e. The summed E-state index contributed by atoms with van der Waals surface area (Å²) in [6.07, 6.45) is 2.27. The summed E-state index contributed by atoms with van der Waals surface area (Å²) >= 11 is 0. The van der Waals surface area contributed by atoms with Gasteiger partial charge in [-0.1, -0.05) is 30.3 Å². The molecule has 0 amide bonds. The molecule has 6 nitrogen and oxygen atoms in total. The van der Waals surface area contributed by atoms with Crippen LogP contribution in [0.2, 0.25) is 0 Å². The van der Waals surface area contributed by atoms with E-state index in [9.17, 15) is 14.9 Å². The Kier molecular flexibility index (Phi) is 4.14. The fraction of sp³-hybridized carbons (Fsp3) is 0.176. The van der Waals surface area contributed by atoms with Crippen molar-refractivity contribution in [3.05, 3.63) is 69.8 Å².